The Balaban J connectivity index is 2.78. The Hall–Kier alpha value is -0.800. The normalized spacial score (nSPS) is 10.8. The quantitative estimate of drug-likeness (QED) is 0.832. The molecule has 0 unspecified atom stereocenters. The number of hydrogen-bond donors (Lipinski definition) is 1. The van der Waals surface area contributed by atoms with E-state index in [1.165, 1.54) is 0 Å². The summed E-state index contributed by atoms with van der Waals surface area (Å²) in [6.07, 6.45) is 2.73. The predicted octanol–water partition coefficient (Wildman–Crippen LogP) is 2.55. The molecule has 0 fully saturated rings. The van der Waals surface area contributed by atoms with Gasteiger partial charge in [-0.05, 0) is 31.0 Å². The van der Waals surface area contributed by atoms with Crippen LogP contribution < -0.4 is 10.6 Å². The molecule has 1 heterocycles. The number of nitrogens with two attached hydrogens (primary N) is 1. The Bertz CT molecular complexity index is 315. The second-order valence-corrected chi connectivity index (χ2v) is 4.70. The van der Waals surface area contributed by atoms with Crippen LogP contribution >= 0.6 is 11.6 Å². The first-order valence-electron chi connectivity index (χ1n) is 5.70. The molecule has 0 saturated carbocycles. The van der Waals surface area contributed by atoms with Crippen molar-refractivity contribution in [3.8, 4) is 0 Å². The van der Waals surface area contributed by atoms with Crippen LogP contribution in [0.2, 0.25) is 5.02 Å². The van der Waals surface area contributed by atoms with E-state index < -0.39 is 0 Å². The van der Waals surface area contributed by atoms with E-state index in [1.807, 2.05) is 12.1 Å². The minimum absolute atomic E-state index is 0.579. The third-order valence-electron chi connectivity index (χ3n) is 2.26. The van der Waals surface area contributed by atoms with Crippen molar-refractivity contribution in [2.75, 3.05) is 24.5 Å². The van der Waals surface area contributed by atoms with Gasteiger partial charge in [0.25, 0.3) is 0 Å². The number of aromatic nitrogens is 1. The van der Waals surface area contributed by atoms with Gasteiger partial charge in [-0.2, -0.15) is 0 Å². The number of hydrogen-bond acceptors (Lipinski definition) is 3. The van der Waals surface area contributed by atoms with E-state index in [9.17, 15) is 0 Å². The largest absolute Gasteiger partial charge is 0.355 e. The van der Waals surface area contributed by atoms with Gasteiger partial charge in [0.2, 0.25) is 0 Å². The molecule has 0 radical (unpaired) electrons. The molecule has 0 aromatic carbocycles. The van der Waals surface area contributed by atoms with Gasteiger partial charge in [-0.1, -0.05) is 25.4 Å². The molecule has 0 aliphatic heterocycles. The summed E-state index contributed by atoms with van der Waals surface area (Å²) >= 11 is 6.15. The summed E-state index contributed by atoms with van der Waals surface area (Å²) in [5.41, 5.74) is 5.54. The summed E-state index contributed by atoms with van der Waals surface area (Å²) in [7, 11) is 0. The van der Waals surface area contributed by atoms with Crippen LogP contribution in [0.5, 0.6) is 0 Å². The molecule has 1 aromatic rings. The standard InChI is InChI=1S/C12H20ClN3/c1-10(2)9-16(8-4-6-14)12-11(13)5-3-7-15-12/h3,5,7,10H,4,6,8-9,14H2,1-2H3. The number of halogens is 1. The first kappa shape index (κ1) is 13.3. The van der Waals surface area contributed by atoms with E-state index in [0.717, 1.165) is 25.3 Å². The van der Waals surface area contributed by atoms with Gasteiger partial charge in [0.15, 0.2) is 0 Å². The zero-order chi connectivity index (χ0) is 12.0. The van der Waals surface area contributed by atoms with E-state index in [4.69, 9.17) is 17.3 Å². The average molecular weight is 242 g/mol. The fourth-order valence-electron chi connectivity index (χ4n) is 1.62. The van der Waals surface area contributed by atoms with Gasteiger partial charge in [0, 0.05) is 19.3 Å². The SMILES string of the molecule is CC(C)CN(CCCN)c1ncccc1Cl. The first-order valence-corrected chi connectivity index (χ1v) is 6.08. The van der Waals surface area contributed by atoms with E-state index >= 15 is 0 Å². The highest BCUT2D eigenvalue weighted by Gasteiger charge is 2.12. The number of rotatable bonds is 6. The Labute approximate surface area is 103 Å². The molecule has 0 aliphatic carbocycles. The van der Waals surface area contributed by atoms with E-state index in [1.54, 1.807) is 6.20 Å². The lowest BCUT2D eigenvalue weighted by molar-refractivity contribution is 0.596. The van der Waals surface area contributed by atoms with Crippen molar-refractivity contribution >= 4 is 17.4 Å². The highest BCUT2D eigenvalue weighted by Crippen LogP contribution is 2.23. The molecule has 90 valence electrons. The maximum absolute atomic E-state index is 6.15. The van der Waals surface area contributed by atoms with Crippen LogP contribution in [-0.4, -0.2) is 24.6 Å². The molecule has 1 aromatic heterocycles. The molecule has 0 bridgehead atoms. The van der Waals surface area contributed by atoms with Crippen molar-refractivity contribution in [2.45, 2.75) is 20.3 Å². The molecular weight excluding hydrogens is 222 g/mol. The van der Waals surface area contributed by atoms with Gasteiger partial charge in [-0.25, -0.2) is 4.98 Å². The Morgan fingerprint density at radius 3 is 2.81 bits per heavy atom. The summed E-state index contributed by atoms with van der Waals surface area (Å²) < 4.78 is 0. The van der Waals surface area contributed by atoms with Gasteiger partial charge >= 0.3 is 0 Å². The van der Waals surface area contributed by atoms with Crippen LogP contribution in [0.15, 0.2) is 18.3 Å². The van der Waals surface area contributed by atoms with Crippen LogP contribution in [0.25, 0.3) is 0 Å². The molecule has 0 atom stereocenters. The zero-order valence-corrected chi connectivity index (χ0v) is 10.7. The molecule has 1 rings (SSSR count). The fourth-order valence-corrected chi connectivity index (χ4v) is 1.86. The average Bonchev–Trinajstić information content (AvgIpc) is 2.24. The minimum atomic E-state index is 0.579. The number of nitrogens with zero attached hydrogens (tertiary/aromatic N) is 2. The molecule has 2 N–H and O–H groups in total. The summed E-state index contributed by atoms with van der Waals surface area (Å²) in [5.74, 6) is 1.45. The van der Waals surface area contributed by atoms with Gasteiger partial charge in [0.05, 0.1) is 5.02 Å². The monoisotopic (exact) mass is 241 g/mol. The lowest BCUT2D eigenvalue weighted by Crippen LogP contribution is -2.30. The van der Waals surface area contributed by atoms with Crippen molar-refractivity contribution in [1.82, 2.24) is 4.98 Å². The molecule has 0 aliphatic rings. The van der Waals surface area contributed by atoms with Crippen molar-refractivity contribution in [3.05, 3.63) is 23.4 Å². The van der Waals surface area contributed by atoms with Crippen LogP contribution in [-0.2, 0) is 0 Å². The van der Waals surface area contributed by atoms with Gasteiger partial charge in [0.1, 0.15) is 5.82 Å². The van der Waals surface area contributed by atoms with Crippen LogP contribution in [0, 0.1) is 5.92 Å². The number of pyridine rings is 1. The highest BCUT2D eigenvalue weighted by molar-refractivity contribution is 6.32. The van der Waals surface area contributed by atoms with Gasteiger partial charge in [-0.15, -0.1) is 0 Å². The summed E-state index contributed by atoms with van der Waals surface area (Å²) in [6, 6.07) is 3.72. The topological polar surface area (TPSA) is 42.1 Å². The predicted molar refractivity (Wildman–Crippen MR) is 70.0 cm³/mol. The van der Waals surface area contributed by atoms with Crippen molar-refractivity contribution in [1.29, 1.82) is 0 Å². The smallest absolute Gasteiger partial charge is 0.147 e. The summed E-state index contributed by atoms with van der Waals surface area (Å²) in [6.45, 7) is 6.93. The van der Waals surface area contributed by atoms with Crippen molar-refractivity contribution in [3.63, 3.8) is 0 Å². The lowest BCUT2D eigenvalue weighted by Gasteiger charge is -2.26. The van der Waals surface area contributed by atoms with Crippen LogP contribution in [0.3, 0.4) is 0 Å². The second kappa shape index (κ2) is 6.71. The Morgan fingerprint density at radius 2 is 2.25 bits per heavy atom. The lowest BCUT2D eigenvalue weighted by atomic mass is 10.2. The van der Waals surface area contributed by atoms with E-state index in [0.29, 0.717) is 17.5 Å². The minimum Gasteiger partial charge on any atom is -0.355 e. The molecular formula is C12H20ClN3. The molecule has 16 heavy (non-hydrogen) atoms. The van der Waals surface area contributed by atoms with Crippen molar-refractivity contribution < 1.29 is 0 Å². The Kier molecular flexibility index (Phi) is 5.56. The fraction of sp³-hybridized carbons (Fsp3) is 0.583. The molecule has 0 spiro atoms. The summed E-state index contributed by atoms with van der Waals surface area (Å²) in [4.78, 5) is 6.55. The van der Waals surface area contributed by atoms with Crippen molar-refractivity contribution in [2.24, 2.45) is 11.7 Å². The number of anilines is 1. The molecule has 0 amide bonds. The van der Waals surface area contributed by atoms with E-state index in [-0.39, 0.29) is 0 Å². The molecule has 0 saturated heterocycles. The summed E-state index contributed by atoms with van der Waals surface area (Å²) in [5, 5.41) is 0.708. The van der Waals surface area contributed by atoms with Gasteiger partial charge in [-0.3, -0.25) is 0 Å². The third-order valence-corrected chi connectivity index (χ3v) is 2.55. The second-order valence-electron chi connectivity index (χ2n) is 4.29. The highest BCUT2D eigenvalue weighted by atomic mass is 35.5. The van der Waals surface area contributed by atoms with Crippen LogP contribution in [0.4, 0.5) is 5.82 Å². The maximum atomic E-state index is 6.15. The maximum Gasteiger partial charge on any atom is 0.147 e. The molecule has 4 heteroatoms. The third kappa shape index (κ3) is 3.99. The Morgan fingerprint density at radius 1 is 1.50 bits per heavy atom. The molecule has 3 nitrogen and oxygen atoms in total. The zero-order valence-electron chi connectivity index (χ0n) is 9.99. The van der Waals surface area contributed by atoms with E-state index in [2.05, 4.69) is 23.7 Å². The van der Waals surface area contributed by atoms with Crippen LogP contribution in [0.1, 0.15) is 20.3 Å². The first-order chi connectivity index (χ1) is 7.65. The van der Waals surface area contributed by atoms with Gasteiger partial charge < -0.3 is 10.6 Å².